The smallest absolute Gasteiger partial charge is 0.360 e. The van der Waals surface area contributed by atoms with Crippen molar-refractivity contribution in [3.05, 3.63) is 29.8 Å². The van der Waals surface area contributed by atoms with Crippen LogP contribution in [0.3, 0.4) is 0 Å². The fourth-order valence-electron chi connectivity index (χ4n) is 0.626. The number of nitrogens with two attached hydrogens (primary N) is 1. The lowest BCUT2D eigenvalue weighted by molar-refractivity contribution is -0.116. The largest absolute Gasteiger partial charge is 0.423 e. The third-order valence-electron chi connectivity index (χ3n) is 1.11. The fraction of sp³-hybridized carbons (Fsp3) is 0. The number of rotatable bonds is 2. The van der Waals surface area contributed by atoms with Gasteiger partial charge in [0.2, 0.25) is 5.82 Å². The lowest BCUT2D eigenvalue weighted by Gasteiger charge is -1.87. The van der Waals surface area contributed by atoms with Gasteiger partial charge in [-0.2, -0.15) is 4.79 Å². The first kappa shape index (κ1) is 8.03. The van der Waals surface area contributed by atoms with Crippen LogP contribution in [-0.2, 0) is 4.79 Å². The summed E-state index contributed by atoms with van der Waals surface area (Å²) >= 11 is 0. The zero-order valence-corrected chi connectivity index (χ0v) is 6.01. The van der Waals surface area contributed by atoms with Gasteiger partial charge in [-0.1, -0.05) is 0 Å². The van der Waals surface area contributed by atoms with E-state index in [1.807, 2.05) is 0 Å². The highest BCUT2D eigenvalue weighted by atomic mass is 16.1. The summed E-state index contributed by atoms with van der Waals surface area (Å²) in [7, 11) is 0. The summed E-state index contributed by atoms with van der Waals surface area (Å²) in [6.07, 6.45) is 2.83. The van der Waals surface area contributed by atoms with Crippen molar-refractivity contribution >= 4 is 11.6 Å². The van der Waals surface area contributed by atoms with Crippen LogP contribution in [0.1, 0.15) is 5.82 Å². The second kappa shape index (κ2) is 3.36. The first-order chi connectivity index (χ1) is 5.75. The van der Waals surface area contributed by atoms with Gasteiger partial charge in [0.1, 0.15) is 0 Å². The van der Waals surface area contributed by atoms with Gasteiger partial charge in [0.25, 0.3) is 0 Å². The average molecular weight is 163 g/mol. The van der Waals surface area contributed by atoms with E-state index in [9.17, 15) is 4.79 Å². The van der Waals surface area contributed by atoms with Crippen molar-refractivity contribution in [2.45, 2.75) is 0 Å². The summed E-state index contributed by atoms with van der Waals surface area (Å²) in [6, 6.07) is 1.57. The minimum absolute atomic E-state index is 0.00694. The zero-order chi connectivity index (χ0) is 8.97. The van der Waals surface area contributed by atoms with E-state index >= 15 is 0 Å². The topological polar surface area (TPSA) is 105 Å². The summed E-state index contributed by atoms with van der Waals surface area (Å²) in [5.74, 6) is -0.865. The minimum Gasteiger partial charge on any atom is -0.360 e. The molecule has 1 aromatic rings. The molecule has 0 aliphatic carbocycles. The number of primary amides is 1. The van der Waals surface area contributed by atoms with Crippen LogP contribution in [0.4, 0.5) is 0 Å². The average Bonchev–Trinajstić information content (AvgIpc) is 2.07. The molecule has 1 aromatic heterocycles. The molecule has 0 spiro atoms. The van der Waals surface area contributed by atoms with E-state index in [1.165, 1.54) is 12.4 Å². The van der Waals surface area contributed by atoms with Crippen LogP contribution in [-0.4, -0.2) is 26.4 Å². The number of amides is 1. The molecule has 0 bridgehead atoms. The quantitative estimate of drug-likeness (QED) is 0.342. The molecule has 60 valence electrons. The Morgan fingerprint density at radius 1 is 1.50 bits per heavy atom. The first-order valence-electron chi connectivity index (χ1n) is 3.05. The summed E-state index contributed by atoms with van der Waals surface area (Å²) in [5.41, 5.74) is 12.9. The standard InChI is InChI=1S/C6H5N5O/c7-5(12)4(11-8)6-9-2-1-3-10-6/h1-3H,(H2,7,12). The molecule has 1 rings (SSSR count). The van der Waals surface area contributed by atoms with Crippen LogP contribution in [0, 0.1) is 0 Å². The summed E-state index contributed by atoms with van der Waals surface area (Å²) in [5, 5.41) is 0. The molecule has 0 unspecified atom stereocenters. The Morgan fingerprint density at radius 3 is 2.50 bits per heavy atom. The lowest BCUT2D eigenvalue weighted by Crippen LogP contribution is -2.26. The van der Waals surface area contributed by atoms with Gasteiger partial charge in [0.05, 0.1) is 0 Å². The summed E-state index contributed by atoms with van der Waals surface area (Å²) < 4.78 is 0. The molecule has 0 saturated carbocycles. The number of carbonyl (C=O) groups is 1. The predicted octanol–water partition coefficient (Wildman–Crippen LogP) is -1.02. The molecule has 0 atom stereocenters. The molecule has 0 saturated heterocycles. The second-order valence-corrected chi connectivity index (χ2v) is 1.89. The Labute approximate surface area is 67.7 Å². The minimum atomic E-state index is -0.872. The van der Waals surface area contributed by atoms with E-state index in [0.29, 0.717) is 0 Å². The van der Waals surface area contributed by atoms with Crippen molar-refractivity contribution in [2.75, 3.05) is 0 Å². The SMILES string of the molecule is [N-]=[N+]=C(C(N)=O)c1ncccn1. The van der Waals surface area contributed by atoms with E-state index < -0.39 is 5.91 Å². The van der Waals surface area contributed by atoms with Crippen molar-refractivity contribution in [2.24, 2.45) is 5.73 Å². The van der Waals surface area contributed by atoms with Crippen LogP contribution in [0.5, 0.6) is 0 Å². The van der Waals surface area contributed by atoms with E-state index in [4.69, 9.17) is 11.3 Å². The summed E-state index contributed by atoms with van der Waals surface area (Å²) in [6.45, 7) is 0. The lowest BCUT2D eigenvalue weighted by atomic mass is 10.3. The number of hydrogen-bond donors (Lipinski definition) is 1. The van der Waals surface area contributed by atoms with E-state index in [-0.39, 0.29) is 11.5 Å². The van der Waals surface area contributed by atoms with Gasteiger partial charge in [-0.25, -0.2) is 9.97 Å². The van der Waals surface area contributed by atoms with Crippen LogP contribution in [0.2, 0.25) is 0 Å². The van der Waals surface area contributed by atoms with Gasteiger partial charge in [0, 0.05) is 12.4 Å². The molecule has 0 aliphatic rings. The van der Waals surface area contributed by atoms with Crippen LogP contribution < -0.4 is 5.73 Å². The molecular weight excluding hydrogens is 158 g/mol. The van der Waals surface area contributed by atoms with Crippen LogP contribution >= 0.6 is 0 Å². The van der Waals surface area contributed by atoms with Gasteiger partial charge in [0.15, 0.2) is 0 Å². The summed E-state index contributed by atoms with van der Waals surface area (Å²) in [4.78, 5) is 20.6. The van der Waals surface area contributed by atoms with Crippen LogP contribution in [0.15, 0.2) is 18.5 Å². The van der Waals surface area contributed by atoms with Crippen molar-refractivity contribution in [1.29, 1.82) is 0 Å². The molecular formula is C6H5N5O. The molecule has 12 heavy (non-hydrogen) atoms. The molecule has 6 heteroatoms. The first-order valence-corrected chi connectivity index (χ1v) is 3.05. The third kappa shape index (κ3) is 1.50. The van der Waals surface area contributed by atoms with Gasteiger partial charge in [-0.3, -0.25) is 4.79 Å². The Kier molecular flexibility index (Phi) is 2.25. The van der Waals surface area contributed by atoms with E-state index in [1.54, 1.807) is 6.07 Å². The van der Waals surface area contributed by atoms with Crippen LogP contribution in [0.25, 0.3) is 5.53 Å². The fourth-order valence-corrected chi connectivity index (χ4v) is 0.626. The number of hydrogen-bond acceptors (Lipinski definition) is 3. The van der Waals surface area contributed by atoms with Crippen molar-refractivity contribution in [3.63, 3.8) is 0 Å². The molecule has 6 nitrogen and oxygen atoms in total. The van der Waals surface area contributed by atoms with Gasteiger partial charge >= 0.3 is 11.6 Å². The number of carbonyl (C=O) groups excluding carboxylic acids is 1. The Bertz CT molecular complexity index is 340. The molecule has 0 radical (unpaired) electrons. The highest BCUT2D eigenvalue weighted by Gasteiger charge is 2.21. The molecule has 2 N–H and O–H groups in total. The Hall–Kier alpha value is -2.07. The van der Waals surface area contributed by atoms with Gasteiger partial charge in [-0.15, -0.1) is 0 Å². The highest BCUT2D eigenvalue weighted by Crippen LogP contribution is 1.87. The zero-order valence-electron chi connectivity index (χ0n) is 6.01. The van der Waals surface area contributed by atoms with Gasteiger partial charge in [-0.05, 0) is 6.07 Å². The molecule has 0 fully saturated rings. The van der Waals surface area contributed by atoms with Crippen molar-refractivity contribution in [3.8, 4) is 0 Å². The monoisotopic (exact) mass is 163 g/mol. The second-order valence-electron chi connectivity index (χ2n) is 1.89. The van der Waals surface area contributed by atoms with E-state index in [0.717, 1.165) is 0 Å². The maximum Gasteiger partial charge on any atom is 0.423 e. The normalized spacial score (nSPS) is 8.67. The number of nitrogens with zero attached hydrogens (tertiary/aromatic N) is 4. The highest BCUT2D eigenvalue weighted by molar-refractivity contribution is 6.41. The molecule has 1 amide bonds. The molecule has 0 aliphatic heterocycles. The third-order valence-corrected chi connectivity index (χ3v) is 1.11. The van der Waals surface area contributed by atoms with Crippen molar-refractivity contribution in [1.82, 2.24) is 9.97 Å². The molecule has 0 aromatic carbocycles. The Morgan fingerprint density at radius 2 is 2.08 bits per heavy atom. The van der Waals surface area contributed by atoms with Gasteiger partial charge < -0.3 is 11.3 Å². The number of aromatic nitrogens is 2. The maximum atomic E-state index is 10.6. The molecule has 1 heterocycles. The Balaban J connectivity index is 3.14. The maximum absolute atomic E-state index is 10.6. The van der Waals surface area contributed by atoms with E-state index in [2.05, 4.69) is 14.8 Å². The van der Waals surface area contributed by atoms with Crippen molar-refractivity contribution < 1.29 is 9.58 Å². The predicted molar refractivity (Wildman–Crippen MR) is 39.0 cm³/mol.